The lowest BCUT2D eigenvalue weighted by molar-refractivity contribution is -0.134. The number of imide groups is 1. The number of hydrogen-bond acceptors (Lipinski definition) is 14. The van der Waals surface area contributed by atoms with Crippen LogP contribution in [0.4, 0.5) is 16.6 Å². The van der Waals surface area contributed by atoms with Gasteiger partial charge in [-0.2, -0.15) is 5.10 Å². The van der Waals surface area contributed by atoms with Crippen LogP contribution in [-0.4, -0.2) is 112 Å². The molecule has 1 aliphatic carbocycles. The Morgan fingerprint density at radius 1 is 0.831 bits per heavy atom. The molecule has 3 aromatic heterocycles. The number of ether oxygens (including phenoxy) is 3. The molecule has 3 aliphatic heterocycles. The molecule has 3 fully saturated rings. The smallest absolute Gasteiger partial charge is 0.358 e. The second kappa shape index (κ2) is 21.7. The maximum Gasteiger partial charge on any atom is 0.358 e. The molecule has 2 saturated heterocycles. The molecular weight excluding hydrogens is 991 g/mol. The summed E-state index contributed by atoms with van der Waals surface area (Å²) in [5.41, 5.74) is 8.23. The molecule has 6 heterocycles. The van der Waals surface area contributed by atoms with Crippen LogP contribution in [0.25, 0.3) is 32.2 Å². The first kappa shape index (κ1) is 51.9. The van der Waals surface area contributed by atoms with Crippen molar-refractivity contribution in [2.24, 2.45) is 7.05 Å². The lowest BCUT2D eigenvalue weighted by Gasteiger charge is -2.39. The van der Waals surface area contributed by atoms with E-state index in [1.165, 1.54) is 11.3 Å². The Morgan fingerprint density at radius 2 is 1.61 bits per heavy atom. The van der Waals surface area contributed by atoms with E-state index in [1.54, 1.807) is 0 Å². The van der Waals surface area contributed by atoms with Gasteiger partial charge in [-0.3, -0.25) is 34.6 Å². The maximum absolute atomic E-state index is 14.1. The van der Waals surface area contributed by atoms with E-state index in [0.29, 0.717) is 61.0 Å². The van der Waals surface area contributed by atoms with E-state index < -0.39 is 17.5 Å². The molecule has 2 N–H and O–H groups in total. The number of rotatable bonds is 13. The predicted molar refractivity (Wildman–Crippen MR) is 300 cm³/mol. The number of amides is 3. The molecule has 17 heteroatoms. The van der Waals surface area contributed by atoms with Gasteiger partial charge >= 0.3 is 5.97 Å². The predicted octanol–water partition coefficient (Wildman–Crippen LogP) is 9.76. The molecule has 7 aromatic rings. The highest BCUT2D eigenvalue weighted by atomic mass is 32.1. The van der Waals surface area contributed by atoms with Crippen molar-refractivity contribution in [3.63, 3.8) is 0 Å². The number of anilines is 3. The summed E-state index contributed by atoms with van der Waals surface area (Å²) in [7, 11) is 1.91. The first-order valence-corrected chi connectivity index (χ1v) is 27.9. The van der Waals surface area contributed by atoms with E-state index in [2.05, 4.69) is 61.5 Å². The fourth-order valence-corrected chi connectivity index (χ4v) is 12.3. The van der Waals surface area contributed by atoms with Gasteiger partial charge in [0.25, 0.3) is 5.91 Å². The number of pyridine rings is 1. The fraction of sp³-hybridized carbons (Fsp3) is 0.417. The summed E-state index contributed by atoms with van der Waals surface area (Å²) in [5.74, 6) is -0.228. The van der Waals surface area contributed by atoms with Gasteiger partial charge in [0.1, 0.15) is 17.2 Å². The minimum Gasteiger partial charge on any atom is -0.490 e. The van der Waals surface area contributed by atoms with Gasteiger partial charge in [-0.15, -0.1) is 0 Å². The summed E-state index contributed by atoms with van der Waals surface area (Å²) in [6, 6.07) is 30.2. The molecule has 16 nitrogen and oxygen atoms in total. The van der Waals surface area contributed by atoms with Crippen LogP contribution in [0.15, 0.2) is 91.0 Å². The van der Waals surface area contributed by atoms with Crippen LogP contribution in [0.5, 0.6) is 5.75 Å². The Bertz CT molecular complexity index is 3350. The number of para-hydroxylation sites is 1. The Morgan fingerprint density at radius 3 is 2.39 bits per heavy atom. The number of piperidine rings is 1. The largest absolute Gasteiger partial charge is 0.490 e. The number of piperazine rings is 1. The molecule has 2 atom stereocenters. The number of carbonyl (C=O) groups excluding carboxylic acids is 4. The lowest BCUT2D eigenvalue weighted by Crippen LogP contribution is -2.51. The first-order valence-electron chi connectivity index (χ1n) is 27.1. The van der Waals surface area contributed by atoms with Gasteiger partial charge in [-0.25, -0.2) is 14.8 Å². The Balaban J connectivity index is 0.699. The minimum absolute atomic E-state index is 0.0323. The van der Waals surface area contributed by atoms with Gasteiger partial charge in [0.15, 0.2) is 10.8 Å². The van der Waals surface area contributed by atoms with E-state index in [1.807, 2.05) is 106 Å². The Labute approximate surface area is 453 Å². The number of nitrogens with one attached hydrogen (secondary N) is 2. The lowest BCUT2D eigenvalue weighted by atomic mass is 9.93. The minimum atomic E-state index is -0.744. The number of carbonyl (C=O) groups is 4. The number of thiazole rings is 1. The van der Waals surface area contributed by atoms with Gasteiger partial charge in [-0.05, 0) is 150 Å². The molecule has 0 radical (unpaired) electrons. The third-order valence-electron chi connectivity index (χ3n) is 15.6. The van der Waals surface area contributed by atoms with E-state index >= 15 is 0 Å². The third kappa shape index (κ3) is 11.2. The van der Waals surface area contributed by atoms with Crippen LogP contribution < -0.4 is 25.2 Å². The topological polar surface area (TPSA) is 173 Å². The Hall–Kier alpha value is -7.21. The van der Waals surface area contributed by atoms with Gasteiger partial charge in [-0.1, -0.05) is 47.7 Å². The van der Waals surface area contributed by atoms with E-state index in [0.717, 1.165) is 112 Å². The van der Waals surface area contributed by atoms with Crippen LogP contribution in [0.3, 0.4) is 0 Å². The zero-order chi connectivity index (χ0) is 53.5. The molecule has 0 spiro atoms. The first-order chi connectivity index (χ1) is 37.1. The molecule has 400 valence electrons. The zero-order valence-electron chi connectivity index (χ0n) is 44.8. The highest BCUT2D eigenvalue weighted by Gasteiger charge is 2.33. The molecular formula is C60H67N9O7S. The van der Waals surface area contributed by atoms with Crippen molar-refractivity contribution in [2.75, 3.05) is 54.4 Å². The fourth-order valence-electron chi connectivity index (χ4n) is 11.4. The molecule has 1 unspecified atom stereocenters. The molecule has 4 aromatic carbocycles. The summed E-state index contributed by atoms with van der Waals surface area (Å²) in [6.07, 6.45) is 5.29. The van der Waals surface area contributed by atoms with Crippen LogP contribution >= 0.6 is 11.3 Å². The number of aromatic nitrogens is 4. The number of nitrogens with zero attached hydrogens (tertiary/aromatic N) is 7. The van der Waals surface area contributed by atoms with E-state index in [9.17, 15) is 19.2 Å². The number of fused-ring (bicyclic) bond motifs is 3. The Kier molecular flexibility index (Phi) is 14.6. The highest BCUT2D eigenvalue weighted by Crippen LogP contribution is 2.38. The molecule has 3 amide bonds. The summed E-state index contributed by atoms with van der Waals surface area (Å²) in [4.78, 5) is 69.1. The molecule has 77 heavy (non-hydrogen) atoms. The van der Waals surface area contributed by atoms with Crippen LogP contribution in [-0.2, 0) is 39.1 Å². The second-order valence-corrected chi connectivity index (χ2v) is 23.0. The monoisotopic (exact) mass is 1060 g/mol. The average molecular weight is 1060 g/mol. The van der Waals surface area contributed by atoms with Crippen molar-refractivity contribution in [3.8, 4) is 16.9 Å². The standard InChI is InChI=1S/C60H67N9O7S/c1-36(67-29-31-68(32-30-67)39-17-22-45-49(33-39)66(6)65-54(45)46-24-26-53(70)63-57(46)72)35-74-40-18-20-41(21-19-40)75-50-15-10-12-42(37(50)2)43-23-25-52(62-55(43)58(73)76-60(3,4)5)69-28-27-38-11-9-13-44(47(38)34-69)56(71)64-59-61-48-14-7-8-16-51(48)77-59/h7-17,22-23,25,33,36,40-41,46H,18-21,24,26-32,34-35H2,1-6H3,(H,61,64,71)(H,63,70,72)/t36-,40?,41?,46?/m0/s1. The summed E-state index contributed by atoms with van der Waals surface area (Å²) in [5, 5.41) is 11.7. The number of hydrogen-bond donors (Lipinski definition) is 2. The highest BCUT2D eigenvalue weighted by molar-refractivity contribution is 7.22. The van der Waals surface area contributed by atoms with Gasteiger partial charge < -0.3 is 24.0 Å². The van der Waals surface area contributed by atoms with Crippen molar-refractivity contribution >= 4 is 72.8 Å². The van der Waals surface area contributed by atoms with Crippen molar-refractivity contribution in [1.29, 1.82) is 0 Å². The normalized spacial score (nSPS) is 19.7. The maximum atomic E-state index is 14.1. The summed E-state index contributed by atoms with van der Waals surface area (Å²) >= 11 is 1.45. The number of benzene rings is 4. The second-order valence-electron chi connectivity index (χ2n) is 22.0. The molecule has 1 saturated carbocycles. The third-order valence-corrected chi connectivity index (χ3v) is 16.6. The van der Waals surface area contributed by atoms with Crippen LogP contribution in [0.2, 0.25) is 0 Å². The van der Waals surface area contributed by atoms with Crippen molar-refractivity contribution < 1.29 is 33.4 Å². The molecule has 4 aliphatic rings. The van der Waals surface area contributed by atoms with E-state index in [4.69, 9.17) is 24.3 Å². The van der Waals surface area contributed by atoms with Crippen LogP contribution in [0.1, 0.15) is 115 Å². The van der Waals surface area contributed by atoms with Gasteiger partial charge in [0.2, 0.25) is 11.8 Å². The average Bonchev–Trinajstić information content (AvgIpc) is 4.11. The number of esters is 1. The van der Waals surface area contributed by atoms with Crippen molar-refractivity contribution in [3.05, 3.63) is 125 Å². The number of aryl methyl sites for hydroxylation is 1. The SMILES string of the molecule is Cc1c(OC2CCC(OC[C@H](C)N3CCN(c4ccc5c(C6CCC(=O)NC6=O)nn(C)c5c4)CC3)CC2)cccc1-c1ccc(N2CCc3cccc(C(=O)Nc4nc5ccccc5s4)c3C2)nc1C(=O)OC(C)(C)C. The summed E-state index contributed by atoms with van der Waals surface area (Å²) in [6.45, 7) is 15.3. The zero-order valence-corrected chi connectivity index (χ0v) is 45.6. The quantitative estimate of drug-likeness (QED) is 0.0826. The molecule has 0 bridgehead atoms. The van der Waals surface area contributed by atoms with Crippen LogP contribution in [0, 0.1) is 6.92 Å². The van der Waals surface area contributed by atoms with E-state index in [-0.39, 0.29) is 41.7 Å². The summed E-state index contributed by atoms with van der Waals surface area (Å²) < 4.78 is 22.2. The van der Waals surface area contributed by atoms with Crippen molar-refractivity contribution in [2.45, 2.75) is 116 Å². The van der Waals surface area contributed by atoms with Gasteiger partial charge in [0, 0.05) is 81.0 Å². The van der Waals surface area contributed by atoms with Gasteiger partial charge in [0.05, 0.1) is 46.2 Å². The molecule has 11 rings (SSSR count). The van der Waals surface area contributed by atoms with Crippen molar-refractivity contribution in [1.82, 2.24) is 30.0 Å².